The molecule has 0 saturated carbocycles. The zero-order valence-electron chi connectivity index (χ0n) is 12.1. The summed E-state index contributed by atoms with van der Waals surface area (Å²) in [7, 11) is 1.61. The Morgan fingerprint density at radius 3 is 3.05 bits per heavy atom. The van der Waals surface area contributed by atoms with Gasteiger partial charge in [0.05, 0.1) is 11.8 Å². The molecule has 1 amide bonds. The number of nitrogens with one attached hydrogen (secondary N) is 1. The van der Waals surface area contributed by atoms with Gasteiger partial charge >= 0.3 is 0 Å². The van der Waals surface area contributed by atoms with Crippen LogP contribution in [0.25, 0.3) is 10.2 Å². The maximum absolute atomic E-state index is 12.4. The molecule has 0 radical (unpaired) electrons. The number of amides is 1. The van der Waals surface area contributed by atoms with Gasteiger partial charge in [0.2, 0.25) is 0 Å². The lowest BCUT2D eigenvalue weighted by Crippen LogP contribution is -2.16. The number of methoxy groups -OCH3 is 1. The van der Waals surface area contributed by atoms with Crippen LogP contribution in [0.5, 0.6) is 5.75 Å². The molecular weight excluding hydrogens is 366 g/mol. The second-order valence-electron chi connectivity index (χ2n) is 4.61. The van der Waals surface area contributed by atoms with Crippen molar-refractivity contribution in [2.75, 3.05) is 12.4 Å². The number of rotatable bonds is 4. The zero-order chi connectivity index (χ0) is 15.7. The number of thiazole rings is 1. The van der Waals surface area contributed by atoms with Gasteiger partial charge in [0, 0.05) is 17.2 Å². The fraction of sp³-hybridized carbons (Fsp3) is 0.200. The number of hydrogen-bond donors (Lipinski definition) is 1. The summed E-state index contributed by atoms with van der Waals surface area (Å²) in [5, 5.41) is 3.42. The molecule has 1 aromatic carbocycles. The standard InChI is InChI=1S/C15H14BrN3O2S/c1-3-19-8-9(16)7-10(19)14(20)18-15-17-13-11(21-2)5-4-6-12(13)22-15/h4-8H,3H2,1-2H3,(H,17,18,20). The number of fused-ring (bicyclic) bond motifs is 1. The zero-order valence-corrected chi connectivity index (χ0v) is 14.5. The van der Waals surface area contributed by atoms with Crippen molar-refractivity contribution in [1.82, 2.24) is 9.55 Å². The first-order chi connectivity index (χ1) is 10.6. The summed E-state index contributed by atoms with van der Waals surface area (Å²) in [6.45, 7) is 2.72. The third-order valence-electron chi connectivity index (χ3n) is 3.26. The molecule has 0 unspecified atom stereocenters. The third kappa shape index (κ3) is 2.74. The van der Waals surface area contributed by atoms with Crippen LogP contribution < -0.4 is 10.1 Å². The Hall–Kier alpha value is -1.86. The Labute approximate surface area is 140 Å². The fourth-order valence-electron chi connectivity index (χ4n) is 2.23. The van der Waals surface area contributed by atoms with Gasteiger partial charge in [-0.3, -0.25) is 10.1 Å². The van der Waals surface area contributed by atoms with Gasteiger partial charge in [-0.1, -0.05) is 17.4 Å². The maximum atomic E-state index is 12.4. The summed E-state index contributed by atoms with van der Waals surface area (Å²) in [5.74, 6) is 0.527. The molecule has 2 aromatic heterocycles. The molecule has 3 aromatic rings. The number of carbonyl (C=O) groups is 1. The molecule has 0 atom stereocenters. The molecule has 0 saturated heterocycles. The van der Waals surface area contributed by atoms with Crippen molar-refractivity contribution in [3.63, 3.8) is 0 Å². The van der Waals surface area contributed by atoms with Crippen LogP contribution in [0.1, 0.15) is 17.4 Å². The highest BCUT2D eigenvalue weighted by atomic mass is 79.9. The quantitative estimate of drug-likeness (QED) is 0.740. The molecule has 3 rings (SSSR count). The lowest BCUT2D eigenvalue weighted by Gasteiger charge is -2.05. The van der Waals surface area contributed by atoms with Gasteiger partial charge in [0.15, 0.2) is 5.13 Å². The number of carbonyl (C=O) groups excluding carboxylic acids is 1. The molecule has 0 bridgehead atoms. The Morgan fingerprint density at radius 2 is 2.32 bits per heavy atom. The Morgan fingerprint density at radius 1 is 1.50 bits per heavy atom. The average molecular weight is 380 g/mol. The molecule has 5 nitrogen and oxygen atoms in total. The number of para-hydroxylation sites is 1. The number of anilines is 1. The summed E-state index contributed by atoms with van der Waals surface area (Å²) in [6.07, 6.45) is 1.89. The lowest BCUT2D eigenvalue weighted by atomic mass is 10.3. The molecule has 2 heterocycles. The van der Waals surface area contributed by atoms with Crippen molar-refractivity contribution in [3.8, 4) is 5.75 Å². The van der Waals surface area contributed by atoms with Crippen molar-refractivity contribution < 1.29 is 9.53 Å². The number of benzene rings is 1. The highest BCUT2D eigenvalue weighted by molar-refractivity contribution is 9.10. The first-order valence-corrected chi connectivity index (χ1v) is 8.34. The smallest absolute Gasteiger partial charge is 0.274 e. The molecule has 22 heavy (non-hydrogen) atoms. The van der Waals surface area contributed by atoms with Crippen LogP contribution in [0, 0.1) is 0 Å². The normalized spacial score (nSPS) is 10.9. The predicted molar refractivity (Wildman–Crippen MR) is 91.9 cm³/mol. The van der Waals surface area contributed by atoms with Crippen LogP contribution in [0.2, 0.25) is 0 Å². The molecule has 114 valence electrons. The van der Waals surface area contributed by atoms with E-state index in [1.807, 2.05) is 35.9 Å². The molecule has 0 aliphatic carbocycles. The minimum atomic E-state index is -0.175. The van der Waals surface area contributed by atoms with E-state index in [-0.39, 0.29) is 5.91 Å². The fourth-order valence-corrected chi connectivity index (χ4v) is 3.57. The summed E-state index contributed by atoms with van der Waals surface area (Å²) in [4.78, 5) is 16.9. The maximum Gasteiger partial charge on any atom is 0.274 e. The van der Waals surface area contributed by atoms with Crippen molar-refractivity contribution in [2.45, 2.75) is 13.5 Å². The molecule has 0 aliphatic rings. The highest BCUT2D eigenvalue weighted by Crippen LogP contribution is 2.32. The van der Waals surface area contributed by atoms with Crippen LogP contribution in [0.4, 0.5) is 5.13 Å². The van der Waals surface area contributed by atoms with E-state index in [9.17, 15) is 4.79 Å². The molecule has 0 spiro atoms. The first-order valence-electron chi connectivity index (χ1n) is 6.73. The number of nitrogens with zero attached hydrogens (tertiary/aromatic N) is 2. The van der Waals surface area contributed by atoms with Crippen molar-refractivity contribution >= 4 is 48.5 Å². The van der Waals surface area contributed by atoms with Gasteiger partial charge in [-0.25, -0.2) is 4.98 Å². The first kappa shape index (κ1) is 15.1. The minimum absolute atomic E-state index is 0.175. The Kier molecular flexibility index (Phi) is 4.17. The van der Waals surface area contributed by atoms with Crippen molar-refractivity contribution in [1.29, 1.82) is 0 Å². The van der Waals surface area contributed by atoms with Crippen LogP contribution in [0.15, 0.2) is 34.9 Å². The van der Waals surface area contributed by atoms with E-state index in [0.717, 1.165) is 21.2 Å². The second-order valence-corrected chi connectivity index (χ2v) is 6.56. The van der Waals surface area contributed by atoms with Crippen LogP contribution >= 0.6 is 27.3 Å². The largest absolute Gasteiger partial charge is 0.494 e. The average Bonchev–Trinajstić information content (AvgIpc) is 3.09. The summed E-state index contributed by atoms with van der Waals surface area (Å²) >= 11 is 4.82. The summed E-state index contributed by atoms with van der Waals surface area (Å²) in [6, 6.07) is 7.51. The Balaban J connectivity index is 1.91. The predicted octanol–water partition coefficient (Wildman–Crippen LogP) is 4.14. The van der Waals surface area contributed by atoms with Crippen molar-refractivity contribution in [2.24, 2.45) is 0 Å². The molecule has 0 fully saturated rings. The SMILES string of the molecule is CCn1cc(Br)cc1C(=O)Nc1nc2c(OC)cccc2s1. The van der Waals surface area contributed by atoms with Gasteiger partial charge in [0.25, 0.3) is 5.91 Å². The van der Waals surface area contributed by atoms with E-state index < -0.39 is 0 Å². The third-order valence-corrected chi connectivity index (χ3v) is 4.63. The second kappa shape index (κ2) is 6.10. The number of hydrogen-bond acceptors (Lipinski definition) is 4. The number of aromatic nitrogens is 2. The highest BCUT2D eigenvalue weighted by Gasteiger charge is 2.15. The molecule has 1 N–H and O–H groups in total. The summed E-state index contributed by atoms with van der Waals surface area (Å²) < 4.78 is 9.03. The monoisotopic (exact) mass is 379 g/mol. The number of ether oxygens (including phenoxy) is 1. The van der Waals surface area contributed by atoms with E-state index >= 15 is 0 Å². The number of aryl methyl sites for hydroxylation is 1. The van der Waals surface area contributed by atoms with Gasteiger partial charge in [-0.15, -0.1) is 0 Å². The van der Waals surface area contributed by atoms with Crippen LogP contribution in [0.3, 0.4) is 0 Å². The topological polar surface area (TPSA) is 56.2 Å². The lowest BCUT2D eigenvalue weighted by molar-refractivity contribution is 0.101. The molecule has 0 aliphatic heterocycles. The minimum Gasteiger partial charge on any atom is -0.494 e. The van der Waals surface area contributed by atoms with Gasteiger partial charge < -0.3 is 9.30 Å². The van der Waals surface area contributed by atoms with Gasteiger partial charge in [-0.2, -0.15) is 0 Å². The van der Waals surface area contributed by atoms with Crippen LogP contribution in [-0.2, 0) is 6.54 Å². The van der Waals surface area contributed by atoms with Crippen LogP contribution in [-0.4, -0.2) is 22.6 Å². The Bertz CT molecular complexity index is 841. The van der Waals surface area contributed by atoms with Gasteiger partial charge in [0.1, 0.15) is 17.0 Å². The molecule has 7 heteroatoms. The van der Waals surface area contributed by atoms with Gasteiger partial charge in [-0.05, 0) is 41.1 Å². The van der Waals surface area contributed by atoms with E-state index in [4.69, 9.17) is 4.74 Å². The number of halogens is 1. The van der Waals surface area contributed by atoms with E-state index in [2.05, 4.69) is 26.2 Å². The van der Waals surface area contributed by atoms with Crippen molar-refractivity contribution in [3.05, 3.63) is 40.6 Å². The van der Waals surface area contributed by atoms with E-state index in [0.29, 0.717) is 16.6 Å². The van der Waals surface area contributed by atoms with E-state index in [1.54, 1.807) is 13.2 Å². The molecular formula is C15H14BrN3O2S. The summed E-state index contributed by atoms with van der Waals surface area (Å²) in [5.41, 5.74) is 1.36. The van der Waals surface area contributed by atoms with E-state index in [1.165, 1.54) is 11.3 Å².